The van der Waals surface area contributed by atoms with Gasteiger partial charge < -0.3 is 20.5 Å². The molecule has 0 aromatic heterocycles. The minimum absolute atomic E-state index is 0.191. The van der Waals surface area contributed by atoms with Gasteiger partial charge in [-0.3, -0.25) is 0 Å². The predicted molar refractivity (Wildman–Crippen MR) is 65.3 cm³/mol. The molecule has 0 radical (unpaired) electrons. The van der Waals surface area contributed by atoms with Crippen LogP contribution in [0, 0.1) is 0 Å². The fourth-order valence-electron chi connectivity index (χ4n) is 1.66. The molecule has 1 aromatic rings. The van der Waals surface area contributed by atoms with Gasteiger partial charge >= 0.3 is 0 Å². The normalized spacial score (nSPS) is 12.6. The molecule has 0 fully saturated rings. The largest absolute Gasteiger partial charge is 0.497 e. The highest BCUT2D eigenvalue weighted by molar-refractivity contribution is 5.42. The Kier molecular flexibility index (Phi) is 5.80. The summed E-state index contributed by atoms with van der Waals surface area (Å²) in [7, 11) is 3.06. The first-order valence-corrected chi connectivity index (χ1v) is 5.55. The van der Waals surface area contributed by atoms with Crippen molar-refractivity contribution in [2.45, 2.75) is 12.5 Å². The van der Waals surface area contributed by atoms with E-state index in [1.54, 1.807) is 18.2 Å². The van der Waals surface area contributed by atoms with Gasteiger partial charge in [0.2, 0.25) is 0 Å². The Balaban J connectivity index is 2.94. The van der Waals surface area contributed by atoms with Crippen LogP contribution in [0.2, 0.25) is 0 Å². The van der Waals surface area contributed by atoms with E-state index >= 15 is 0 Å². The molecular weight excluding hydrogens is 242 g/mol. The Bertz CT molecular complexity index is 375. The van der Waals surface area contributed by atoms with Crippen LogP contribution in [0.25, 0.3) is 0 Å². The van der Waals surface area contributed by atoms with Gasteiger partial charge in [0.1, 0.15) is 11.5 Å². The highest BCUT2D eigenvalue weighted by Crippen LogP contribution is 2.29. The number of nitrogens with two attached hydrogens (primary N) is 1. The summed E-state index contributed by atoms with van der Waals surface area (Å²) in [6.45, 7) is -0.224. The van der Waals surface area contributed by atoms with Gasteiger partial charge in [-0.15, -0.1) is 0 Å². The smallest absolute Gasteiger partial charge is 0.250 e. The molecule has 0 spiro atoms. The number of hydrogen-bond acceptors (Lipinski definition) is 4. The van der Waals surface area contributed by atoms with Gasteiger partial charge in [-0.1, -0.05) is 0 Å². The van der Waals surface area contributed by atoms with Crippen molar-refractivity contribution >= 4 is 0 Å². The predicted octanol–water partition coefficient (Wildman–Crippen LogP) is 1.56. The van der Waals surface area contributed by atoms with Crippen LogP contribution in [-0.2, 0) is 0 Å². The topological polar surface area (TPSA) is 56.5 Å². The lowest BCUT2D eigenvalue weighted by molar-refractivity contribution is 0.141. The Morgan fingerprint density at radius 2 is 2.00 bits per heavy atom. The zero-order valence-electron chi connectivity index (χ0n) is 10.5. The zero-order valence-corrected chi connectivity index (χ0v) is 10.5. The first-order chi connectivity index (χ1) is 8.62. The third-order valence-corrected chi connectivity index (χ3v) is 2.57. The van der Waals surface area contributed by atoms with Gasteiger partial charge in [0.25, 0.3) is 6.43 Å². The van der Waals surface area contributed by atoms with Gasteiger partial charge in [0, 0.05) is 18.2 Å². The standard InChI is InChI=1S/C12H18F2N2O2/c1-17-8-3-4-11(18-2)9(5-8)10(6-15)16-7-12(13)14/h3-5,10,12,16H,6-7,15H2,1-2H3. The summed E-state index contributed by atoms with van der Waals surface area (Å²) in [5.74, 6) is 1.22. The first-order valence-electron chi connectivity index (χ1n) is 5.55. The van der Waals surface area contributed by atoms with E-state index in [-0.39, 0.29) is 6.54 Å². The van der Waals surface area contributed by atoms with E-state index < -0.39 is 19.0 Å². The molecule has 4 nitrogen and oxygen atoms in total. The fraction of sp³-hybridized carbons (Fsp3) is 0.500. The van der Waals surface area contributed by atoms with Crippen molar-refractivity contribution in [1.29, 1.82) is 0 Å². The van der Waals surface area contributed by atoms with Crippen LogP contribution in [-0.4, -0.2) is 33.7 Å². The van der Waals surface area contributed by atoms with Gasteiger partial charge in [-0.2, -0.15) is 0 Å². The summed E-state index contributed by atoms with van der Waals surface area (Å²) in [4.78, 5) is 0. The van der Waals surface area contributed by atoms with E-state index in [0.29, 0.717) is 17.1 Å². The van der Waals surface area contributed by atoms with Crippen LogP contribution in [0.3, 0.4) is 0 Å². The number of rotatable bonds is 7. The summed E-state index contributed by atoms with van der Waals surface area (Å²) < 4.78 is 34.7. The third kappa shape index (κ3) is 3.82. The summed E-state index contributed by atoms with van der Waals surface area (Å²) in [5.41, 5.74) is 6.31. The zero-order chi connectivity index (χ0) is 13.5. The second-order valence-corrected chi connectivity index (χ2v) is 3.70. The maximum Gasteiger partial charge on any atom is 0.250 e. The molecule has 0 amide bonds. The van der Waals surface area contributed by atoms with E-state index in [0.717, 1.165) is 0 Å². The second-order valence-electron chi connectivity index (χ2n) is 3.70. The molecule has 0 aliphatic rings. The maximum absolute atomic E-state index is 12.2. The Morgan fingerprint density at radius 1 is 1.28 bits per heavy atom. The summed E-state index contributed by atoms with van der Waals surface area (Å²) in [5, 5.41) is 2.70. The van der Waals surface area contributed by atoms with Crippen molar-refractivity contribution in [3.63, 3.8) is 0 Å². The van der Waals surface area contributed by atoms with Crippen molar-refractivity contribution in [3.8, 4) is 11.5 Å². The number of halogens is 2. The fourth-order valence-corrected chi connectivity index (χ4v) is 1.66. The number of alkyl halides is 2. The van der Waals surface area contributed by atoms with Crippen molar-refractivity contribution in [1.82, 2.24) is 5.32 Å². The molecule has 102 valence electrons. The molecule has 0 saturated carbocycles. The molecule has 1 unspecified atom stereocenters. The van der Waals surface area contributed by atoms with E-state index in [1.807, 2.05) is 0 Å². The Labute approximate surface area is 105 Å². The molecule has 1 rings (SSSR count). The Hall–Kier alpha value is -1.40. The van der Waals surface area contributed by atoms with Crippen molar-refractivity contribution in [2.75, 3.05) is 27.3 Å². The van der Waals surface area contributed by atoms with Crippen molar-refractivity contribution < 1.29 is 18.3 Å². The van der Waals surface area contributed by atoms with Crippen LogP contribution in [0.15, 0.2) is 18.2 Å². The summed E-state index contributed by atoms with van der Waals surface area (Å²) in [6.07, 6.45) is -2.42. The van der Waals surface area contributed by atoms with E-state index in [4.69, 9.17) is 15.2 Å². The minimum Gasteiger partial charge on any atom is -0.497 e. The molecular formula is C12H18F2N2O2. The van der Waals surface area contributed by atoms with Crippen molar-refractivity contribution in [3.05, 3.63) is 23.8 Å². The van der Waals surface area contributed by atoms with E-state index in [9.17, 15) is 8.78 Å². The molecule has 18 heavy (non-hydrogen) atoms. The van der Waals surface area contributed by atoms with Crippen LogP contribution < -0.4 is 20.5 Å². The quantitative estimate of drug-likeness (QED) is 0.781. The number of methoxy groups -OCH3 is 2. The molecule has 3 N–H and O–H groups in total. The van der Waals surface area contributed by atoms with Gasteiger partial charge in [0.15, 0.2) is 0 Å². The van der Waals surface area contributed by atoms with Gasteiger partial charge in [-0.05, 0) is 18.2 Å². The monoisotopic (exact) mass is 260 g/mol. The lowest BCUT2D eigenvalue weighted by Gasteiger charge is -2.20. The molecule has 0 saturated heterocycles. The number of hydrogen-bond donors (Lipinski definition) is 2. The summed E-state index contributed by atoms with van der Waals surface area (Å²) in [6, 6.07) is 4.79. The lowest BCUT2D eigenvalue weighted by atomic mass is 10.1. The van der Waals surface area contributed by atoms with Gasteiger partial charge in [0.05, 0.1) is 20.8 Å². The minimum atomic E-state index is -2.42. The first kappa shape index (κ1) is 14.7. The van der Waals surface area contributed by atoms with E-state index in [1.165, 1.54) is 14.2 Å². The highest BCUT2D eigenvalue weighted by Gasteiger charge is 2.17. The average Bonchev–Trinajstić information content (AvgIpc) is 2.38. The van der Waals surface area contributed by atoms with Crippen molar-refractivity contribution in [2.24, 2.45) is 5.73 Å². The van der Waals surface area contributed by atoms with Crippen LogP contribution >= 0.6 is 0 Å². The number of benzene rings is 1. The summed E-state index contributed by atoms with van der Waals surface area (Å²) >= 11 is 0. The van der Waals surface area contributed by atoms with Crippen LogP contribution in [0.4, 0.5) is 8.78 Å². The molecule has 0 aliphatic heterocycles. The average molecular weight is 260 g/mol. The number of ether oxygens (including phenoxy) is 2. The Morgan fingerprint density at radius 3 is 2.50 bits per heavy atom. The van der Waals surface area contributed by atoms with Crippen LogP contribution in [0.1, 0.15) is 11.6 Å². The SMILES string of the molecule is COc1ccc(OC)c(C(CN)NCC(F)F)c1. The maximum atomic E-state index is 12.2. The lowest BCUT2D eigenvalue weighted by Crippen LogP contribution is -2.32. The second kappa shape index (κ2) is 7.13. The number of nitrogens with one attached hydrogen (secondary N) is 1. The third-order valence-electron chi connectivity index (χ3n) is 2.57. The van der Waals surface area contributed by atoms with Gasteiger partial charge in [-0.25, -0.2) is 8.78 Å². The molecule has 1 aromatic carbocycles. The molecule has 0 aliphatic carbocycles. The van der Waals surface area contributed by atoms with Crippen LogP contribution in [0.5, 0.6) is 11.5 Å². The molecule has 0 heterocycles. The molecule has 1 atom stereocenters. The molecule has 6 heteroatoms. The highest BCUT2D eigenvalue weighted by atomic mass is 19.3. The van der Waals surface area contributed by atoms with E-state index in [2.05, 4.69) is 5.32 Å². The molecule has 0 bridgehead atoms.